The van der Waals surface area contributed by atoms with E-state index in [2.05, 4.69) is 6.58 Å². The zero-order valence-electron chi connectivity index (χ0n) is 14.8. The minimum Gasteiger partial charge on any atom is -0.497 e. The zero-order valence-corrected chi connectivity index (χ0v) is 14.8. The highest BCUT2D eigenvalue weighted by molar-refractivity contribution is 6.01. The van der Waals surface area contributed by atoms with E-state index in [1.165, 1.54) is 0 Å². The van der Waals surface area contributed by atoms with Crippen molar-refractivity contribution in [1.29, 1.82) is 0 Å². The fraction of sp³-hybridized carbons (Fsp3) is 0.524. The summed E-state index contributed by atoms with van der Waals surface area (Å²) in [6.07, 6.45) is 3.19. The molecule has 0 unspecified atom stereocenters. The van der Waals surface area contributed by atoms with Gasteiger partial charge in [0.05, 0.1) is 7.11 Å². The first-order chi connectivity index (χ1) is 11.4. The largest absolute Gasteiger partial charge is 0.497 e. The van der Waals surface area contributed by atoms with Gasteiger partial charge in [0.2, 0.25) is 0 Å². The summed E-state index contributed by atoms with van der Waals surface area (Å²) in [5, 5.41) is 0. The van der Waals surface area contributed by atoms with Crippen LogP contribution in [-0.4, -0.2) is 18.7 Å². The van der Waals surface area contributed by atoms with E-state index in [-0.39, 0.29) is 35.2 Å². The lowest BCUT2D eigenvalue weighted by Crippen LogP contribution is -2.40. The summed E-state index contributed by atoms with van der Waals surface area (Å²) in [7, 11) is 1.64. The molecule has 3 rings (SSSR count). The lowest BCUT2D eigenvalue weighted by atomic mass is 9.63. The number of aryl methyl sites for hydroxylation is 1. The summed E-state index contributed by atoms with van der Waals surface area (Å²) >= 11 is 0. The average molecular weight is 326 g/mol. The molecule has 0 N–H and O–H groups in total. The molecule has 1 aromatic rings. The molecular formula is C21H26O3. The second-order valence-electron chi connectivity index (χ2n) is 7.43. The van der Waals surface area contributed by atoms with Crippen LogP contribution in [-0.2, 0) is 11.2 Å². The predicted molar refractivity (Wildman–Crippen MR) is 94.3 cm³/mol. The number of allylic oxidation sites excluding steroid dienone is 1. The molecule has 0 aliphatic heterocycles. The Kier molecular flexibility index (Phi) is 4.62. The molecule has 0 amide bonds. The molecule has 24 heavy (non-hydrogen) atoms. The minimum atomic E-state index is -0.0491. The van der Waals surface area contributed by atoms with Gasteiger partial charge in [-0.3, -0.25) is 9.59 Å². The van der Waals surface area contributed by atoms with Crippen molar-refractivity contribution in [3.63, 3.8) is 0 Å². The fourth-order valence-corrected chi connectivity index (χ4v) is 4.37. The van der Waals surface area contributed by atoms with E-state index in [1.54, 1.807) is 7.11 Å². The maximum Gasteiger partial charge on any atom is 0.166 e. The molecule has 0 bridgehead atoms. The smallest absolute Gasteiger partial charge is 0.166 e. The third-order valence-electron chi connectivity index (χ3n) is 6.01. The van der Waals surface area contributed by atoms with Gasteiger partial charge in [-0.2, -0.15) is 0 Å². The number of Topliss-reactive ketones (excluding diaryl/α,β-unsaturated/α-hetero) is 2. The van der Waals surface area contributed by atoms with Crippen LogP contribution in [0.4, 0.5) is 0 Å². The van der Waals surface area contributed by atoms with Gasteiger partial charge in [0.1, 0.15) is 11.5 Å². The third-order valence-corrected chi connectivity index (χ3v) is 6.01. The molecular weight excluding hydrogens is 300 g/mol. The van der Waals surface area contributed by atoms with Crippen LogP contribution in [0.25, 0.3) is 0 Å². The first kappa shape index (κ1) is 16.9. The number of benzene rings is 1. The summed E-state index contributed by atoms with van der Waals surface area (Å²) in [5.41, 5.74) is 2.94. The Morgan fingerprint density at radius 1 is 1.29 bits per heavy atom. The summed E-state index contributed by atoms with van der Waals surface area (Å²) in [6, 6.07) is 5.70. The first-order valence-electron chi connectivity index (χ1n) is 8.81. The number of carbonyl (C=O) groups is 2. The van der Waals surface area contributed by atoms with Crippen LogP contribution in [0.2, 0.25) is 0 Å². The van der Waals surface area contributed by atoms with Gasteiger partial charge in [0, 0.05) is 23.8 Å². The van der Waals surface area contributed by atoms with Crippen LogP contribution >= 0.6 is 0 Å². The quantitative estimate of drug-likeness (QED) is 0.780. The Hall–Kier alpha value is -1.90. The summed E-state index contributed by atoms with van der Waals surface area (Å²) in [5.74, 6) is 1.56. The molecule has 3 nitrogen and oxygen atoms in total. The normalized spacial score (nSPS) is 30.0. The molecule has 128 valence electrons. The van der Waals surface area contributed by atoms with Crippen molar-refractivity contribution >= 4 is 11.6 Å². The van der Waals surface area contributed by atoms with Crippen LogP contribution in [0, 0.1) is 23.7 Å². The van der Waals surface area contributed by atoms with Crippen molar-refractivity contribution in [2.45, 2.75) is 39.5 Å². The Labute approximate surface area is 144 Å². The second kappa shape index (κ2) is 6.54. The van der Waals surface area contributed by atoms with E-state index < -0.39 is 0 Å². The van der Waals surface area contributed by atoms with Gasteiger partial charge in [-0.25, -0.2) is 0 Å². The molecule has 0 spiro atoms. The molecule has 0 radical (unpaired) electrons. The van der Waals surface area contributed by atoms with E-state index in [9.17, 15) is 9.59 Å². The molecule has 1 aromatic carbocycles. The predicted octanol–water partition coefficient (Wildman–Crippen LogP) is 4.25. The van der Waals surface area contributed by atoms with Gasteiger partial charge in [-0.1, -0.05) is 19.1 Å². The SMILES string of the molecule is C=C(C)[C@@H]1CC(=O)[C@H](C)[C@@H]([C@@H]2CCc3cc(OC)ccc3C2=O)C1. The van der Waals surface area contributed by atoms with E-state index in [0.29, 0.717) is 6.42 Å². The number of carbonyl (C=O) groups excluding carboxylic acids is 2. The highest BCUT2D eigenvalue weighted by Crippen LogP contribution is 2.43. The number of hydrogen-bond donors (Lipinski definition) is 0. The van der Waals surface area contributed by atoms with Crippen molar-refractivity contribution in [2.75, 3.05) is 7.11 Å². The number of methoxy groups -OCH3 is 1. The molecule has 1 saturated carbocycles. The number of hydrogen-bond acceptors (Lipinski definition) is 3. The number of fused-ring (bicyclic) bond motifs is 1. The van der Waals surface area contributed by atoms with Crippen LogP contribution in [0.3, 0.4) is 0 Å². The molecule has 0 aromatic heterocycles. The van der Waals surface area contributed by atoms with Gasteiger partial charge in [-0.05, 0) is 61.8 Å². The van der Waals surface area contributed by atoms with Crippen LogP contribution in [0.5, 0.6) is 5.75 Å². The van der Waals surface area contributed by atoms with E-state index in [0.717, 1.165) is 41.7 Å². The van der Waals surface area contributed by atoms with Crippen LogP contribution in [0.15, 0.2) is 30.4 Å². The average Bonchev–Trinajstić information content (AvgIpc) is 2.57. The molecule has 3 heteroatoms. The van der Waals surface area contributed by atoms with Gasteiger partial charge in [-0.15, -0.1) is 0 Å². The number of ketones is 2. The molecule has 2 aliphatic carbocycles. The van der Waals surface area contributed by atoms with E-state index in [4.69, 9.17) is 4.74 Å². The van der Waals surface area contributed by atoms with Gasteiger partial charge in [0.15, 0.2) is 5.78 Å². The lowest BCUT2D eigenvalue weighted by Gasteiger charge is -2.39. The van der Waals surface area contributed by atoms with Crippen molar-refractivity contribution in [3.8, 4) is 5.75 Å². The molecule has 2 aliphatic rings. The van der Waals surface area contributed by atoms with Gasteiger partial charge < -0.3 is 4.74 Å². The fourth-order valence-electron chi connectivity index (χ4n) is 4.37. The Morgan fingerprint density at radius 3 is 2.71 bits per heavy atom. The van der Waals surface area contributed by atoms with Crippen molar-refractivity contribution in [1.82, 2.24) is 0 Å². The van der Waals surface area contributed by atoms with Crippen molar-refractivity contribution < 1.29 is 14.3 Å². The topological polar surface area (TPSA) is 43.4 Å². The second-order valence-corrected chi connectivity index (χ2v) is 7.43. The highest BCUT2D eigenvalue weighted by atomic mass is 16.5. The Morgan fingerprint density at radius 2 is 2.04 bits per heavy atom. The Balaban J connectivity index is 1.87. The number of rotatable bonds is 3. The highest BCUT2D eigenvalue weighted by Gasteiger charge is 2.42. The molecule has 4 atom stereocenters. The molecule has 0 saturated heterocycles. The van der Waals surface area contributed by atoms with Crippen molar-refractivity contribution in [3.05, 3.63) is 41.5 Å². The van der Waals surface area contributed by atoms with E-state index in [1.807, 2.05) is 32.0 Å². The minimum absolute atomic E-state index is 0.0330. The van der Waals surface area contributed by atoms with Crippen molar-refractivity contribution in [2.24, 2.45) is 23.7 Å². The lowest BCUT2D eigenvalue weighted by molar-refractivity contribution is -0.128. The monoisotopic (exact) mass is 326 g/mol. The third kappa shape index (κ3) is 2.92. The zero-order chi connectivity index (χ0) is 17.4. The molecule has 0 heterocycles. The van der Waals surface area contributed by atoms with Gasteiger partial charge >= 0.3 is 0 Å². The first-order valence-corrected chi connectivity index (χ1v) is 8.81. The number of ether oxygens (including phenoxy) is 1. The summed E-state index contributed by atoms with van der Waals surface area (Å²) < 4.78 is 5.26. The standard InChI is InChI=1S/C21H26O3/c1-12(2)15-10-19(13(3)20(22)11-15)18-7-5-14-9-16(24-4)6-8-17(14)21(18)23/h6,8-9,13,15,18-19H,1,5,7,10-11H2,2-4H3/t13-,15+,18+,19+/m1/s1. The molecule has 1 fully saturated rings. The maximum absolute atomic E-state index is 13.1. The van der Waals surface area contributed by atoms with E-state index >= 15 is 0 Å². The summed E-state index contributed by atoms with van der Waals surface area (Å²) in [6.45, 7) is 8.03. The van der Waals surface area contributed by atoms with Crippen LogP contribution in [0.1, 0.15) is 49.0 Å². The maximum atomic E-state index is 13.1. The van der Waals surface area contributed by atoms with Gasteiger partial charge in [0.25, 0.3) is 0 Å². The Bertz CT molecular complexity index is 688. The van der Waals surface area contributed by atoms with Crippen LogP contribution < -0.4 is 4.74 Å². The summed E-state index contributed by atoms with van der Waals surface area (Å²) in [4.78, 5) is 25.5.